The van der Waals surface area contributed by atoms with E-state index in [1.165, 1.54) is 18.3 Å². The van der Waals surface area contributed by atoms with Crippen LogP contribution >= 0.6 is 11.6 Å². The lowest BCUT2D eigenvalue weighted by molar-refractivity contribution is -0.384. The SMILES string of the molecule is N#C/C(=C/N1CCCCC1CCO)C(=O)Nc1cc([N+](=O)[O-])ccc1Cl. The van der Waals surface area contributed by atoms with Crippen LogP contribution in [0.25, 0.3) is 0 Å². The van der Waals surface area contributed by atoms with Gasteiger partial charge in [-0.05, 0) is 31.7 Å². The Labute approximate surface area is 155 Å². The van der Waals surface area contributed by atoms with Crippen LogP contribution in [0.15, 0.2) is 30.0 Å². The van der Waals surface area contributed by atoms with Crippen LogP contribution < -0.4 is 5.32 Å². The molecule has 0 bridgehead atoms. The van der Waals surface area contributed by atoms with E-state index in [9.17, 15) is 25.3 Å². The van der Waals surface area contributed by atoms with Crippen molar-refractivity contribution in [3.05, 3.63) is 45.1 Å². The Hall–Kier alpha value is -2.63. The van der Waals surface area contributed by atoms with Crippen LogP contribution in [0.2, 0.25) is 5.02 Å². The molecule has 26 heavy (non-hydrogen) atoms. The van der Waals surface area contributed by atoms with Crippen molar-refractivity contribution in [2.75, 3.05) is 18.5 Å². The first-order valence-electron chi connectivity index (χ1n) is 8.20. The number of benzene rings is 1. The minimum Gasteiger partial charge on any atom is -0.396 e. The summed E-state index contributed by atoms with van der Waals surface area (Å²) < 4.78 is 0. The smallest absolute Gasteiger partial charge is 0.271 e. The zero-order valence-electron chi connectivity index (χ0n) is 14.0. The molecule has 1 aromatic carbocycles. The number of rotatable bonds is 6. The van der Waals surface area contributed by atoms with Crippen LogP contribution in [0, 0.1) is 21.4 Å². The van der Waals surface area contributed by atoms with Gasteiger partial charge in [0.05, 0.1) is 15.6 Å². The quantitative estimate of drug-likeness (QED) is 0.340. The van der Waals surface area contributed by atoms with E-state index in [2.05, 4.69) is 5.32 Å². The number of nitriles is 1. The summed E-state index contributed by atoms with van der Waals surface area (Å²) in [5.74, 6) is -0.691. The maximum absolute atomic E-state index is 12.4. The molecular weight excluding hydrogens is 360 g/mol. The van der Waals surface area contributed by atoms with Gasteiger partial charge >= 0.3 is 0 Å². The maximum Gasteiger partial charge on any atom is 0.271 e. The number of nitrogens with one attached hydrogen (secondary N) is 1. The normalized spacial score (nSPS) is 17.5. The van der Waals surface area contributed by atoms with Gasteiger partial charge in [0.1, 0.15) is 11.6 Å². The van der Waals surface area contributed by atoms with Crippen molar-refractivity contribution in [2.45, 2.75) is 31.7 Å². The lowest BCUT2D eigenvalue weighted by Gasteiger charge is -2.34. The summed E-state index contributed by atoms with van der Waals surface area (Å²) in [6.45, 7) is 0.729. The summed E-state index contributed by atoms with van der Waals surface area (Å²) in [6, 6.07) is 5.62. The Balaban J connectivity index is 2.19. The van der Waals surface area contributed by atoms with Crippen molar-refractivity contribution < 1.29 is 14.8 Å². The lowest BCUT2D eigenvalue weighted by atomic mass is 10.00. The van der Waals surface area contributed by atoms with Gasteiger partial charge in [0.15, 0.2) is 0 Å². The molecule has 9 heteroatoms. The summed E-state index contributed by atoms with van der Waals surface area (Å²) in [5, 5.41) is 32.0. The van der Waals surface area contributed by atoms with E-state index in [1.807, 2.05) is 11.0 Å². The Morgan fingerprint density at radius 1 is 1.54 bits per heavy atom. The fourth-order valence-electron chi connectivity index (χ4n) is 2.87. The number of aliphatic hydroxyl groups is 1. The highest BCUT2D eigenvalue weighted by Gasteiger charge is 2.22. The maximum atomic E-state index is 12.4. The molecule has 2 rings (SSSR count). The zero-order chi connectivity index (χ0) is 19.1. The molecule has 1 fully saturated rings. The molecule has 8 nitrogen and oxygen atoms in total. The number of amides is 1. The molecule has 0 radical (unpaired) electrons. The minimum atomic E-state index is -0.691. The first-order chi connectivity index (χ1) is 12.5. The van der Waals surface area contributed by atoms with Crippen molar-refractivity contribution in [1.82, 2.24) is 4.90 Å². The first kappa shape index (κ1) is 19.7. The number of aliphatic hydroxyl groups excluding tert-OH is 1. The van der Waals surface area contributed by atoms with Crippen LogP contribution in [-0.4, -0.2) is 40.0 Å². The van der Waals surface area contributed by atoms with Gasteiger partial charge in [-0.25, -0.2) is 0 Å². The number of halogens is 1. The Bertz CT molecular complexity index is 758. The topological polar surface area (TPSA) is 120 Å². The van der Waals surface area contributed by atoms with E-state index in [1.54, 1.807) is 0 Å². The predicted octanol–water partition coefficient (Wildman–Crippen LogP) is 2.83. The molecule has 1 amide bonds. The summed E-state index contributed by atoms with van der Waals surface area (Å²) >= 11 is 5.97. The van der Waals surface area contributed by atoms with Crippen LogP contribution in [0.5, 0.6) is 0 Å². The summed E-state index contributed by atoms with van der Waals surface area (Å²) in [5.41, 5.74) is -0.277. The fourth-order valence-corrected chi connectivity index (χ4v) is 3.03. The van der Waals surface area contributed by atoms with E-state index in [4.69, 9.17) is 11.6 Å². The van der Waals surface area contributed by atoms with Gasteiger partial charge in [-0.1, -0.05) is 11.6 Å². The van der Waals surface area contributed by atoms with Crippen molar-refractivity contribution in [3.8, 4) is 6.07 Å². The van der Waals surface area contributed by atoms with Crippen molar-refractivity contribution >= 4 is 28.9 Å². The molecule has 1 saturated heterocycles. The third kappa shape index (κ3) is 4.94. The van der Waals surface area contributed by atoms with Gasteiger partial charge in [-0.15, -0.1) is 0 Å². The standard InChI is InChI=1S/C17H19ClN4O4/c18-15-5-4-14(22(25)26)9-16(15)20-17(24)12(10-19)11-21-7-2-1-3-13(21)6-8-23/h4-5,9,11,13,23H,1-3,6-8H2,(H,20,24)/b12-11-. The largest absolute Gasteiger partial charge is 0.396 e. The first-order valence-corrected chi connectivity index (χ1v) is 8.58. The summed E-state index contributed by atoms with van der Waals surface area (Å²) in [7, 11) is 0. The van der Waals surface area contributed by atoms with Crippen LogP contribution in [0.4, 0.5) is 11.4 Å². The van der Waals surface area contributed by atoms with Gasteiger partial charge in [0.25, 0.3) is 11.6 Å². The molecule has 0 saturated carbocycles. The van der Waals surface area contributed by atoms with Gasteiger partial charge in [0, 0.05) is 37.5 Å². The minimum absolute atomic E-state index is 0.0341. The fraction of sp³-hybridized carbons (Fsp3) is 0.412. The summed E-state index contributed by atoms with van der Waals surface area (Å²) in [4.78, 5) is 24.6. The number of nitro groups is 1. The van der Waals surface area contributed by atoms with Crippen molar-refractivity contribution in [3.63, 3.8) is 0 Å². The number of anilines is 1. The van der Waals surface area contributed by atoms with E-state index >= 15 is 0 Å². The second-order valence-corrected chi connectivity index (χ2v) is 6.34. The molecule has 0 aromatic heterocycles. The monoisotopic (exact) mass is 378 g/mol. The van der Waals surface area contributed by atoms with Gasteiger partial charge < -0.3 is 15.3 Å². The number of hydrogen-bond acceptors (Lipinski definition) is 6. The molecule has 138 valence electrons. The van der Waals surface area contributed by atoms with Crippen LogP contribution in [0.1, 0.15) is 25.7 Å². The van der Waals surface area contributed by atoms with Crippen LogP contribution in [0.3, 0.4) is 0 Å². The second-order valence-electron chi connectivity index (χ2n) is 5.93. The van der Waals surface area contributed by atoms with Gasteiger partial charge in [0.2, 0.25) is 0 Å². The molecule has 1 unspecified atom stereocenters. The molecule has 1 aliphatic rings. The molecule has 1 aromatic rings. The molecule has 2 N–H and O–H groups in total. The van der Waals surface area contributed by atoms with Gasteiger partial charge in [-0.3, -0.25) is 14.9 Å². The number of nitro benzene ring substituents is 1. The number of likely N-dealkylation sites (tertiary alicyclic amines) is 1. The van der Waals surface area contributed by atoms with E-state index < -0.39 is 10.8 Å². The number of nitrogens with zero attached hydrogens (tertiary/aromatic N) is 3. The predicted molar refractivity (Wildman–Crippen MR) is 96.5 cm³/mol. The highest BCUT2D eigenvalue weighted by Crippen LogP contribution is 2.27. The number of non-ortho nitro benzene ring substituents is 1. The third-order valence-corrected chi connectivity index (χ3v) is 4.53. The number of piperidine rings is 1. The third-order valence-electron chi connectivity index (χ3n) is 4.20. The molecule has 0 spiro atoms. The van der Waals surface area contributed by atoms with E-state index in [0.29, 0.717) is 13.0 Å². The average Bonchev–Trinajstić information content (AvgIpc) is 2.62. The highest BCUT2D eigenvalue weighted by molar-refractivity contribution is 6.34. The molecule has 1 heterocycles. The van der Waals surface area contributed by atoms with E-state index in [0.717, 1.165) is 25.3 Å². The number of carbonyl (C=O) groups excluding carboxylic acids is 1. The number of hydrogen-bond donors (Lipinski definition) is 2. The van der Waals surface area contributed by atoms with Gasteiger partial charge in [-0.2, -0.15) is 5.26 Å². The second kappa shape index (κ2) is 9.17. The Kier molecular flexibility index (Phi) is 6.95. The Morgan fingerprint density at radius 3 is 2.96 bits per heavy atom. The summed E-state index contributed by atoms with van der Waals surface area (Å²) in [6.07, 6.45) is 4.91. The van der Waals surface area contributed by atoms with Crippen molar-refractivity contribution in [2.24, 2.45) is 0 Å². The highest BCUT2D eigenvalue weighted by atomic mass is 35.5. The Morgan fingerprint density at radius 2 is 2.31 bits per heavy atom. The lowest BCUT2D eigenvalue weighted by Crippen LogP contribution is -2.37. The van der Waals surface area contributed by atoms with Crippen molar-refractivity contribution in [1.29, 1.82) is 5.26 Å². The molecule has 1 atom stereocenters. The molecule has 0 aliphatic carbocycles. The number of carbonyl (C=O) groups is 1. The zero-order valence-corrected chi connectivity index (χ0v) is 14.8. The van der Waals surface area contributed by atoms with Crippen LogP contribution in [-0.2, 0) is 4.79 Å². The molecule has 1 aliphatic heterocycles. The average molecular weight is 379 g/mol. The van der Waals surface area contributed by atoms with E-state index in [-0.39, 0.29) is 34.6 Å². The molecular formula is C17H19ClN4O4.